The fourth-order valence-electron chi connectivity index (χ4n) is 1.79. The highest BCUT2D eigenvalue weighted by Gasteiger charge is 2.17. The summed E-state index contributed by atoms with van der Waals surface area (Å²) in [6.45, 7) is 8.33. The van der Waals surface area contributed by atoms with Crippen molar-refractivity contribution in [1.82, 2.24) is 9.29 Å². The second-order valence-electron chi connectivity index (χ2n) is 5.02. The van der Waals surface area contributed by atoms with Crippen LogP contribution in [-0.2, 0) is 27.8 Å². The molecule has 0 radical (unpaired) electrons. The van der Waals surface area contributed by atoms with E-state index >= 15 is 0 Å². The van der Waals surface area contributed by atoms with Gasteiger partial charge in [0.2, 0.25) is 10.0 Å². The Bertz CT molecular complexity index is 487. The third-order valence-corrected chi connectivity index (χ3v) is 4.24. The van der Waals surface area contributed by atoms with E-state index in [0.717, 1.165) is 5.69 Å². The summed E-state index contributed by atoms with van der Waals surface area (Å²) in [5.41, 5.74) is 6.40. The van der Waals surface area contributed by atoms with Gasteiger partial charge in [-0.2, -0.15) is 0 Å². The van der Waals surface area contributed by atoms with E-state index in [4.69, 9.17) is 10.5 Å². The van der Waals surface area contributed by atoms with Crippen LogP contribution in [0.2, 0.25) is 0 Å². The molecule has 0 atom stereocenters. The zero-order valence-electron chi connectivity index (χ0n) is 12.4. The molecule has 7 heteroatoms. The van der Waals surface area contributed by atoms with E-state index in [2.05, 4.69) is 4.72 Å². The second kappa shape index (κ2) is 7.78. The Labute approximate surface area is 121 Å². The number of sulfonamides is 1. The van der Waals surface area contributed by atoms with Crippen molar-refractivity contribution in [3.05, 3.63) is 18.0 Å². The van der Waals surface area contributed by atoms with Gasteiger partial charge < -0.3 is 15.0 Å². The van der Waals surface area contributed by atoms with Crippen LogP contribution in [0.3, 0.4) is 0 Å². The van der Waals surface area contributed by atoms with Crippen LogP contribution < -0.4 is 10.5 Å². The highest BCUT2D eigenvalue weighted by atomic mass is 32.2. The number of nitrogens with one attached hydrogen (secondary N) is 1. The van der Waals surface area contributed by atoms with Gasteiger partial charge >= 0.3 is 0 Å². The van der Waals surface area contributed by atoms with Crippen molar-refractivity contribution in [3.63, 3.8) is 0 Å². The van der Waals surface area contributed by atoms with Gasteiger partial charge in [0.15, 0.2) is 0 Å². The zero-order chi connectivity index (χ0) is 15.2. The third-order valence-electron chi connectivity index (χ3n) is 2.81. The van der Waals surface area contributed by atoms with Crippen molar-refractivity contribution in [3.8, 4) is 0 Å². The minimum Gasteiger partial charge on any atom is -0.380 e. The van der Waals surface area contributed by atoms with Gasteiger partial charge in [-0.15, -0.1) is 0 Å². The fourth-order valence-corrected chi connectivity index (χ4v) is 2.86. The molecule has 0 saturated carbocycles. The molecule has 0 bridgehead atoms. The van der Waals surface area contributed by atoms with Crippen LogP contribution in [-0.4, -0.2) is 32.7 Å². The van der Waals surface area contributed by atoms with E-state index in [1.165, 1.54) is 0 Å². The molecule has 1 aromatic heterocycles. The Kier molecular flexibility index (Phi) is 6.67. The van der Waals surface area contributed by atoms with Crippen LogP contribution >= 0.6 is 0 Å². The molecule has 3 N–H and O–H groups in total. The number of nitrogens with two attached hydrogens (primary N) is 1. The minimum absolute atomic E-state index is 0.253. The van der Waals surface area contributed by atoms with Crippen LogP contribution in [0.5, 0.6) is 0 Å². The Balaban J connectivity index is 2.58. The summed E-state index contributed by atoms with van der Waals surface area (Å²) in [5.74, 6) is 0.442. The maximum absolute atomic E-state index is 12.1. The fraction of sp³-hybridized carbons (Fsp3) is 0.692. The minimum atomic E-state index is -3.49. The van der Waals surface area contributed by atoms with Crippen LogP contribution in [0.1, 0.15) is 26.5 Å². The van der Waals surface area contributed by atoms with Gasteiger partial charge in [0.05, 0.1) is 11.5 Å². The zero-order valence-corrected chi connectivity index (χ0v) is 13.2. The van der Waals surface area contributed by atoms with Gasteiger partial charge in [0.1, 0.15) is 0 Å². The molecule has 1 aromatic rings. The first-order chi connectivity index (χ1) is 9.40. The lowest BCUT2D eigenvalue weighted by molar-refractivity contribution is 0.114. The highest BCUT2D eigenvalue weighted by molar-refractivity contribution is 7.89. The Morgan fingerprint density at radius 2 is 2.15 bits per heavy atom. The van der Waals surface area contributed by atoms with Crippen LogP contribution in [0.25, 0.3) is 0 Å². The number of hydrogen-bond acceptors (Lipinski definition) is 4. The van der Waals surface area contributed by atoms with Gasteiger partial charge in [0, 0.05) is 38.1 Å². The Morgan fingerprint density at radius 3 is 2.65 bits per heavy atom. The summed E-state index contributed by atoms with van der Waals surface area (Å²) < 4.78 is 33.9. The lowest BCUT2D eigenvalue weighted by Crippen LogP contribution is -2.27. The summed E-state index contributed by atoms with van der Waals surface area (Å²) in [6, 6.07) is 1.61. The number of aromatic nitrogens is 1. The van der Waals surface area contributed by atoms with Crippen molar-refractivity contribution in [2.45, 2.75) is 38.8 Å². The number of nitrogens with zero attached hydrogens (tertiary/aromatic N) is 1. The average molecular weight is 303 g/mol. The summed E-state index contributed by atoms with van der Waals surface area (Å²) >= 11 is 0. The molecule has 0 saturated heterocycles. The molecule has 20 heavy (non-hydrogen) atoms. The Morgan fingerprint density at radius 1 is 1.45 bits per heavy atom. The lowest BCUT2D eigenvalue weighted by Gasteiger charge is -2.08. The van der Waals surface area contributed by atoms with Crippen molar-refractivity contribution in [2.24, 2.45) is 11.7 Å². The molecule has 6 nitrogen and oxygen atoms in total. The molecule has 0 aliphatic rings. The van der Waals surface area contributed by atoms with E-state index in [1.807, 2.05) is 25.3 Å². The van der Waals surface area contributed by atoms with E-state index in [-0.39, 0.29) is 11.4 Å². The first-order valence-corrected chi connectivity index (χ1v) is 8.35. The molecule has 0 aromatic carbocycles. The van der Waals surface area contributed by atoms with Gasteiger partial charge in [-0.3, -0.25) is 0 Å². The molecular formula is C13H25N3O3S. The van der Waals surface area contributed by atoms with Crippen molar-refractivity contribution < 1.29 is 13.2 Å². The second-order valence-corrected chi connectivity index (χ2v) is 6.79. The standard InChI is InChI=1S/C13H25N3O3S/c1-4-16-9-13(7-12(16)8-14)20(17,18)15-5-6-19-10-11(2)3/h7,9,11,15H,4-6,8,10,14H2,1-3H3. The quantitative estimate of drug-likeness (QED) is 0.664. The first kappa shape index (κ1) is 17.2. The number of rotatable bonds is 9. The molecule has 0 aliphatic carbocycles. The predicted octanol–water partition coefficient (Wildman–Crippen LogP) is 0.918. The van der Waals surface area contributed by atoms with E-state index < -0.39 is 10.0 Å². The first-order valence-electron chi connectivity index (χ1n) is 6.87. The van der Waals surface area contributed by atoms with E-state index in [9.17, 15) is 8.42 Å². The van der Waals surface area contributed by atoms with Gasteiger partial charge in [-0.05, 0) is 18.9 Å². The normalized spacial score (nSPS) is 12.2. The Hall–Kier alpha value is -0.890. The molecule has 1 rings (SSSR count). The van der Waals surface area contributed by atoms with Crippen LogP contribution in [0, 0.1) is 5.92 Å². The molecule has 0 spiro atoms. The highest BCUT2D eigenvalue weighted by Crippen LogP contribution is 2.14. The summed E-state index contributed by atoms with van der Waals surface area (Å²) in [7, 11) is -3.49. The van der Waals surface area contributed by atoms with Crippen molar-refractivity contribution in [2.75, 3.05) is 19.8 Å². The van der Waals surface area contributed by atoms with Gasteiger partial charge in [-0.1, -0.05) is 13.8 Å². The summed E-state index contributed by atoms with van der Waals surface area (Å²) in [6.07, 6.45) is 1.61. The SMILES string of the molecule is CCn1cc(S(=O)(=O)NCCOCC(C)C)cc1CN. The van der Waals surface area contributed by atoms with Gasteiger partial charge in [0.25, 0.3) is 0 Å². The topological polar surface area (TPSA) is 86.3 Å². The van der Waals surface area contributed by atoms with E-state index in [1.54, 1.807) is 12.3 Å². The summed E-state index contributed by atoms with van der Waals surface area (Å²) in [4.78, 5) is 0.253. The molecule has 0 aliphatic heterocycles. The molecular weight excluding hydrogens is 278 g/mol. The van der Waals surface area contributed by atoms with Crippen LogP contribution in [0.4, 0.5) is 0 Å². The summed E-state index contributed by atoms with van der Waals surface area (Å²) in [5, 5.41) is 0. The third kappa shape index (κ3) is 4.90. The molecule has 0 unspecified atom stereocenters. The van der Waals surface area contributed by atoms with Crippen molar-refractivity contribution >= 4 is 10.0 Å². The largest absolute Gasteiger partial charge is 0.380 e. The number of ether oxygens (including phenoxy) is 1. The van der Waals surface area contributed by atoms with Crippen molar-refractivity contribution in [1.29, 1.82) is 0 Å². The number of aryl methyl sites for hydroxylation is 1. The van der Waals surface area contributed by atoms with Crippen LogP contribution in [0.15, 0.2) is 17.2 Å². The molecule has 1 heterocycles. The smallest absolute Gasteiger partial charge is 0.242 e. The predicted molar refractivity (Wildman–Crippen MR) is 78.8 cm³/mol. The average Bonchev–Trinajstić information content (AvgIpc) is 2.81. The number of hydrogen-bond donors (Lipinski definition) is 2. The maximum Gasteiger partial charge on any atom is 0.242 e. The molecule has 116 valence electrons. The molecule has 0 amide bonds. The van der Waals surface area contributed by atoms with E-state index in [0.29, 0.717) is 32.2 Å². The van der Waals surface area contributed by atoms with Gasteiger partial charge in [-0.25, -0.2) is 13.1 Å². The monoisotopic (exact) mass is 303 g/mol. The lowest BCUT2D eigenvalue weighted by atomic mass is 10.2. The maximum atomic E-state index is 12.1. The molecule has 0 fully saturated rings.